The molecule has 4 heteroatoms. The van der Waals surface area contributed by atoms with Gasteiger partial charge in [0, 0.05) is 11.1 Å². The van der Waals surface area contributed by atoms with Gasteiger partial charge in [0.2, 0.25) is 0 Å². The van der Waals surface area contributed by atoms with E-state index in [0.717, 1.165) is 45.0 Å². The summed E-state index contributed by atoms with van der Waals surface area (Å²) < 4.78 is 10.7. The Morgan fingerprint density at radius 1 is 0.760 bits per heavy atom. The van der Waals surface area contributed by atoms with Crippen LogP contribution in [0, 0.1) is 13.8 Å². The van der Waals surface area contributed by atoms with Crippen LogP contribution in [-0.2, 0) is 0 Å². The second kappa shape index (κ2) is 6.85. The van der Waals surface area contributed by atoms with Gasteiger partial charge in [0.05, 0.1) is 19.9 Å². The molecule has 0 fully saturated rings. The first-order valence-electron chi connectivity index (χ1n) is 8.10. The number of aromatic nitrogens is 1. The number of hydrogen-bond acceptors (Lipinski definition) is 4. The third-order valence-corrected chi connectivity index (χ3v) is 4.29. The van der Waals surface area contributed by atoms with Gasteiger partial charge < -0.3 is 15.2 Å². The summed E-state index contributed by atoms with van der Waals surface area (Å²) in [6.45, 7) is 4.05. The highest BCUT2D eigenvalue weighted by Gasteiger charge is 2.12. The zero-order valence-corrected chi connectivity index (χ0v) is 15.0. The van der Waals surface area contributed by atoms with Crippen molar-refractivity contribution < 1.29 is 9.47 Å². The fraction of sp³-hybridized carbons (Fsp3) is 0.190. The van der Waals surface area contributed by atoms with E-state index in [9.17, 15) is 0 Å². The van der Waals surface area contributed by atoms with Crippen LogP contribution in [0.2, 0.25) is 0 Å². The van der Waals surface area contributed by atoms with Crippen LogP contribution in [0.25, 0.3) is 22.4 Å². The molecule has 0 unspecified atom stereocenters. The molecule has 3 rings (SSSR count). The number of ether oxygens (including phenoxy) is 2. The van der Waals surface area contributed by atoms with Gasteiger partial charge in [-0.25, -0.2) is 4.98 Å². The summed E-state index contributed by atoms with van der Waals surface area (Å²) in [5.41, 5.74) is 12.1. The number of anilines is 1. The topological polar surface area (TPSA) is 57.4 Å². The van der Waals surface area contributed by atoms with E-state index in [1.54, 1.807) is 14.2 Å². The number of benzene rings is 2. The molecule has 0 saturated heterocycles. The molecule has 0 aliphatic heterocycles. The predicted octanol–water partition coefficient (Wildman–Crippen LogP) is 4.63. The first-order chi connectivity index (χ1) is 12.0. The van der Waals surface area contributed by atoms with E-state index >= 15 is 0 Å². The first-order valence-corrected chi connectivity index (χ1v) is 8.10. The highest BCUT2D eigenvalue weighted by molar-refractivity contribution is 5.82. The average Bonchev–Trinajstić information content (AvgIpc) is 2.61. The molecule has 4 nitrogen and oxygen atoms in total. The van der Waals surface area contributed by atoms with Crippen LogP contribution in [0.1, 0.15) is 11.1 Å². The molecule has 0 aliphatic carbocycles. The van der Waals surface area contributed by atoms with Crippen LogP contribution in [0.5, 0.6) is 11.5 Å². The van der Waals surface area contributed by atoms with E-state index in [2.05, 4.69) is 17.1 Å². The number of hydrogen-bond donors (Lipinski definition) is 1. The highest BCUT2D eigenvalue weighted by Crippen LogP contribution is 2.35. The Kier molecular flexibility index (Phi) is 4.61. The van der Waals surface area contributed by atoms with E-state index in [1.165, 1.54) is 0 Å². The molecule has 1 heterocycles. The summed E-state index contributed by atoms with van der Waals surface area (Å²) in [7, 11) is 3.35. The van der Waals surface area contributed by atoms with Gasteiger partial charge in [0.15, 0.2) is 0 Å². The molecule has 0 radical (unpaired) electrons. The molecule has 0 saturated carbocycles. The van der Waals surface area contributed by atoms with Crippen LogP contribution in [0.4, 0.5) is 5.82 Å². The van der Waals surface area contributed by atoms with E-state index < -0.39 is 0 Å². The number of nitrogen functional groups attached to an aromatic ring is 1. The quantitative estimate of drug-likeness (QED) is 0.755. The van der Waals surface area contributed by atoms with Gasteiger partial charge in [0.25, 0.3) is 0 Å². The van der Waals surface area contributed by atoms with E-state index in [-0.39, 0.29) is 0 Å². The van der Waals surface area contributed by atoms with E-state index in [1.807, 2.05) is 50.2 Å². The molecule has 0 bridgehead atoms. The number of rotatable bonds is 4. The highest BCUT2D eigenvalue weighted by atomic mass is 16.5. The first kappa shape index (κ1) is 16.8. The van der Waals surface area contributed by atoms with Crippen LogP contribution in [0.15, 0.2) is 48.5 Å². The zero-order chi connectivity index (χ0) is 18.0. The minimum absolute atomic E-state index is 0.498. The Bertz CT molecular complexity index is 920. The third-order valence-electron chi connectivity index (χ3n) is 4.29. The molecule has 1 aromatic heterocycles. The zero-order valence-electron chi connectivity index (χ0n) is 15.0. The lowest BCUT2D eigenvalue weighted by molar-refractivity contribution is 0.411. The van der Waals surface area contributed by atoms with Crippen molar-refractivity contribution in [3.8, 4) is 33.9 Å². The fourth-order valence-electron chi connectivity index (χ4n) is 3.00. The minimum Gasteiger partial charge on any atom is -0.496 e. The molecule has 0 spiro atoms. The molecule has 25 heavy (non-hydrogen) atoms. The maximum atomic E-state index is 5.96. The lowest BCUT2D eigenvalue weighted by atomic mass is 9.97. The second-order valence-corrected chi connectivity index (χ2v) is 6.00. The van der Waals surface area contributed by atoms with Crippen LogP contribution >= 0.6 is 0 Å². The van der Waals surface area contributed by atoms with Crippen molar-refractivity contribution >= 4 is 5.82 Å². The van der Waals surface area contributed by atoms with Crippen molar-refractivity contribution in [1.29, 1.82) is 0 Å². The summed E-state index contributed by atoms with van der Waals surface area (Å²) in [4.78, 5) is 4.59. The molecule has 0 atom stereocenters. The third kappa shape index (κ3) is 3.29. The van der Waals surface area contributed by atoms with Gasteiger partial charge in [-0.1, -0.05) is 6.07 Å². The molecule has 2 N–H and O–H groups in total. The molecular weight excluding hydrogens is 312 g/mol. The minimum atomic E-state index is 0.498. The molecule has 2 aromatic carbocycles. The van der Waals surface area contributed by atoms with E-state index in [4.69, 9.17) is 15.2 Å². The largest absolute Gasteiger partial charge is 0.496 e. The normalized spacial score (nSPS) is 10.6. The fourth-order valence-corrected chi connectivity index (χ4v) is 3.00. The number of pyridine rings is 1. The number of methoxy groups -OCH3 is 2. The Hall–Kier alpha value is -3.01. The Balaban J connectivity index is 2.16. The van der Waals surface area contributed by atoms with Crippen molar-refractivity contribution in [2.24, 2.45) is 0 Å². The van der Waals surface area contributed by atoms with Gasteiger partial charge in [-0.2, -0.15) is 0 Å². The van der Waals surface area contributed by atoms with Crippen molar-refractivity contribution in [1.82, 2.24) is 4.98 Å². The summed E-state index contributed by atoms with van der Waals surface area (Å²) >= 11 is 0. The smallest absolute Gasteiger partial charge is 0.124 e. The summed E-state index contributed by atoms with van der Waals surface area (Å²) in [5.74, 6) is 2.22. The summed E-state index contributed by atoms with van der Waals surface area (Å²) in [6, 6.07) is 16.0. The van der Waals surface area contributed by atoms with Crippen LogP contribution < -0.4 is 15.2 Å². The van der Waals surface area contributed by atoms with Crippen LogP contribution in [-0.4, -0.2) is 19.2 Å². The molecular formula is C21H22N2O2. The van der Waals surface area contributed by atoms with E-state index in [0.29, 0.717) is 5.82 Å². The molecule has 0 aliphatic rings. The van der Waals surface area contributed by atoms with Gasteiger partial charge in [-0.05, 0) is 73.0 Å². The van der Waals surface area contributed by atoms with Crippen molar-refractivity contribution in [2.45, 2.75) is 13.8 Å². The lowest BCUT2D eigenvalue weighted by Gasteiger charge is -2.13. The maximum Gasteiger partial charge on any atom is 0.124 e. The van der Waals surface area contributed by atoms with Gasteiger partial charge in [-0.3, -0.25) is 0 Å². The number of aryl methyl sites for hydroxylation is 2. The van der Waals surface area contributed by atoms with Crippen molar-refractivity contribution in [3.05, 3.63) is 59.7 Å². The van der Waals surface area contributed by atoms with Crippen LogP contribution in [0.3, 0.4) is 0 Å². The van der Waals surface area contributed by atoms with Crippen molar-refractivity contribution in [2.75, 3.05) is 20.0 Å². The Morgan fingerprint density at radius 2 is 1.32 bits per heavy atom. The van der Waals surface area contributed by atoms with Gasteiger partial charge in [-0.15, -0.1) is 0 Å². The number of nitrogens with two attached hydrogens (primary N) is 1. The van der Waals surface area contributed by atoms with Gasteiger partial charge >= 0.3 is 0 Å². The SMILES string of the molecule is COc1ccc(-c2ccc(N)nc2-c2ccc(OC)c(C)c2)cc1C. The summed E-state index contributed by atoms with van der Waals surface area (Å²) in [5, 5.41) is 0. The lowest BCUT2D eigenvalue weighted by Crippen LogP contribution is -1.97. The van der Waals surface area contributed by atoms with Gasteiger partial charge in [0.1, 0.15) is 17.3 Å². The van der Waals surface area contributed by atoms with Crippen molar-refractivity contribution in [3.63, 3.8) is 0 Å². The summed E-state index contributed by atoms with van der Waals surface area (Å²) in [6.07, 6.45) is 0. The Morgan fingerprint density at radius 3 is 1.88 bits per heavy atom. The average molecular weight is 334 g/mol. The standard InChI is InChI=1S/C21H22N2O2/c1-13-11-15(5-8-18(13)24-3)17-7-10-20(22)23-21(17)16-6-9-19(25-4)14(2)12-16/h5-12H,1-4H3,(H2,22,23). The molecule has 3 aromatic rings. The predicted molar refractivity (Wildman–Crippen MR) is 102 cm³/mol. The second-order valence-electron chi connectivity index (χ2n) is 6.00. The number of nitrogens with zero attached hydrogens (tertiary/aromatic N) is 1. The molecule has 0 amide bonds. The molecule has 128 valence electrons. The maximum absolute atomic E-state index is 5.96. The monoisotopic (exact) mass is 334 g/mol. The Labute approximate surface area is 148 Å².